The summed E-state index contributed by atoms with van der Waals surface area (Å²) in [5.41, 5.74) is 0. The van der Waals surface area contributed by atoms with E-state index in [4.69, 9.17) is 4.52 Å². The Kier molecular flexibility index (Phi) is 3.71. The first-order chi connectivity index (χ1) is 9.75. The minimum Gasteiger partial charge on any atom is -0.363 e. The zero-order chi connectivity index (χ0) is 13.9. The van der Waals surface area contributed by atoms with Crippen molar-refractivity contribution >= 4 is 17.6 Å². The van der Waals surface area contributed by atoms with Crippen molar-refractivity contribution < 1.29 is 14.1 Å². The van der Waals surface area contributed by atoms with E-state index in [0.717, 1.165) is 25.7 Å². The van der Waals surface area contributed by atoms with Crippen molar-refractivity contribution in [1.82, 2.24) is 10.1 Å². The number of nitrogens with one attached hydrogen (secondary N) is 1. The Morgan fingerprint density at radius 3 is 2.60 bits per heavy atom. The molecule has 1 aromatic heterocycles. The largest absolute Gasteiger partial charge is 0.363 e. The molecule has 1 aliphatic heterocycles. The van der Waals surface area contributed by atoms with Crippen molar-refractivity contribution in [2.75, 3.05) is 5.32 Å². The van der Waals surface area contributed by atoms with Crippen LogP contribution in [0.2, 0.25) is 0 Å². The second-order valence-electron chi connectivity index (χ2n) is 5.53. The Bertz CT molecular complexity index is 478. The fraction of sp³-hybridized carbons (Fsp3) is 0.643. The standard InChI is InChI=1S/C14H19N3O3/c18-13-9-11(15-12-7-8-20-16-12)14(19)17(13)10-5-3-1-2-4-6-10/h7-8,10-11H,1-6,9H2,(H,15,16). The van der Waals surface area contributed by atoms with Gasteiger partial charge in [-0.1, -0.05) is 30.8 Å². The van der Waals surface area contributed by atoms with Crippen molar-refractivity contribution in [2.24, 2.45) is 0 Å². The summed E-state index contributed by atoms with van der Waals surface area (Å²) in [5.74, 6) is 0.312. The maximum absolute atomic E-state index is 12.4. The van der Waals surface area contributed by atoms with Gasteiger partial charge in [-0.25, -0.2) is 0 Å². The van der Waals surface area contributed by atoms with Gasteiger partial charge in [-0.2, -0.15) is 0 Å². The van der Waals surface area contributed by atoms with Crippen molar-refractivity contribution in [3.05, 3.63) is 12.3 Å². The summed E-state index contributed by atoms with van der Waals surface area (Å²) in [6.45, 7) is 0. The van der Waals surface area contributed by atoms with Crippen LogP contribution in [0.1, 0.15) is 44.9 Å². The number of aromatic nitrogens is 1. The molecule has 0 bridgehead atoms. The summed E-state index contributed by atoms with van der Waals surface area (Å²) in [4.78, 5) is 26.1. The fourth-order valence-electron chi connectivity index (χ4n) is 3.13. The predicted octanol–water partition coefficient (Wildman–Crippen LogP) is 1.94. The molecule has 0 aromatic carbocycles. The third-order valence-corrected chi connectivity index (χ3v) is 4.13. The van der Waals surface area contributed by atoms with E-state index in [9.17, 15) is 9.59 Å². The number of nitrogens with zero attached hydrogens (tertiary/aromatic N) is 2. The summed E-state index contributed by atoms with van der Waals surface area (Å²) in [6, 6.07) is 1.23. The smallest absolute Gasteiger partial charge is 0.252 e. The van der Waals surface area contributed by atoms with Gasteiger partial charge in [-0.3, -0.25) is 14.5 Å². The van der Waals surface area contributed by atoms with Crippen molar-refractivity contribution in [1.29, 1.82) is 0 Å². The van der Waals surface area contributed by atoms with Crippen LogP contribution in [-0.4, -0.2) is 34.0 Å². The van der Waals surface area contributed by atoms with E-state index in [1.54, 1.807) is 6.07 Å². The monoisotopic (exact) mass is 277 g/mol. The van der Waals surface area contributed by atoms with Crippen LogP contribution in [0.4, 0.5) is 5.82 Å². The molecule has 1 saturated heterocycles. The summed E-state index contributed by atoms with van der Waals surface area (Å²) >= 11 is 0. The minimum absolute atomic E-state index is 0.0668. The second kappa shape index (κ2) is 5.64. The number of amides is 2. The minimum atomic E-state index is -0.504. The lowest BCUT2D eigenvalue weighted by Crippen LogP contribution is -2.42. The highest BCUT2D eigenvalue weighted by Crippen LogP contribution is 2.27. The van der Waals surface area contributed by atoms with Gasteiger partial charge in [-0.15, -0.1) is 0 Å². The molecule has 2 amide bonds. The Morgan fingerprint density at radius 1 is 1.20 bits per heavy atom. The molecule has 2 fully saturated rings. The van der Waals surface area contributed by atoms with Crippen LogP contribution in [0.3, 0.4) is 0 Å². The van der Waals surface area contributed by atoms with Gasteiger partial charge in [0, 0.05) is 12.1 Å². The van der Waals surface area contributed by atoms with Gasteiger partial charge in [-0.05, 0) is 12.8 Å². The number of anilines is 1. The number of likely N-dealkylation sites (tertiary alicyclic amines) is 1. The fourth-order valence-corrected chi connectivity index (χ4v) is 3.13. The maximum atomic E-state index is 12.4. The average molecular weight is 277 g/mol. The summed E-state index contributed by atoms with van der Waals surface area (Å²) in [7, 11) is 0. The first-order valence-corrected chi connectivity index (χ1v) is 7.28. The Labute approximate surface area is 117 Å². The highest BCUT2D eigenvalue weighted by Gasteiger charge is 2.42. The molecule has 1 saturated carbocycles. The Morgan fingerprint density at radius 2 is 1.95 bits per heavy atom. The van der Waals surface area contributed by atoms with Crippen LogP contribution in [0.5, 0.6) is 0 Å². The molecule has 1 aliphatic carbocycles. The molecular weight excluding hydrogens is 258 g/mol. The van der Waals surface area contributed by atoms with Gasteiger partial charge >= 0.3 is 0 Å². The molecule has 0 spiro atoms. The maximum Gasteiger partial charge on any atom is 0.252 e. The molecule has 2 aliphatic rings. The van der Waals surface area contributed by atoms with Crippen LogP contribution in [0.25, 0.3) is 0 Å². The lowest BCUT2D eigenvalue weighted by molar-refractivity contribution is -0.141. The highest BCUT2D eigenvalue weighted by atomic mass is 16.5. The summed E-state index contributed by atoms with van der Waals surface area (Å²) in [6.07, 6.45) is 8.13. The Hall–Kier alpha value is -1.85. The predicted molar refractivity (Wildman–Crippen MR) is 71.9 cm³/mol. The van der Waals surface area contributed by atoms with E-state index in [1.807, 2.05) is 0 Å². The van der Waals surface area contributed by atoms with Gasteiger partial charge in [0.1, 0.15) is 12.3 Å². The first kappa shape index (κ1) is 13.1. The van der Waals surface area contributed by atoms with Crippen LogP contribution in [-0.2, 0) is 9.59 Å². The third-order valence-electron chi connectivity index (χ3n) is 4.13. The SMILES string of the molecule is O=C1CC(Nc2ccon2)C(=O)N1C1CCCCCC1. The molecule has 1 aromatic rings. The van der Waals surface area contributed by atoms with Gasteiger partial charge in [0.05, 0.1) is 6.42 Å². The lowest BCUT2D eigenvalue weighted by atomic mass is 10.1. The molecule has 1 atom stereocenters. The van der Waals surface area contributed by atoms with Crippen LogP contribution >= 0.6 is 0 Å². The number of carbonyl (C=O) groups is 2. The van der Waals surface area contributed by atoms with Crippen molar-refractivity contribution in [2.45, 2.75) is 57.0 Å². The van der Waals surface area contributed by atoms with Crippen molar-refractivity contribution in [3.63, 3.8) is 0 Å². The van der Waals surface area contributed by atoms with E-state index in [0.29, 0.717) is 5.82 Å². The van der Waals surface area contributed by atoms with Gasteiger partial charge in [0.15, 0.2) is 5.82 Å². The number of hydrogen-bond acceptors (Lipinski definition) is 5. The van der Waals surface area contributed by atoms with Crippen molar-refractivity contribution in [3.8, 4) is 0 Å². The number of imide groups is 1. The lowest BCUT2D eigenvalue weighted by Gasteiger charge is -2.25. The van der Waals surface area contributed by atoms with Crippen LogP contribution in [0, 0.1) is 0 Å². The van der Waals surface area contributed by atoms with E-state index in [1.165, 1.54) is 24.0 Å². The van der Waals surface area contributed by atoms with Crippen LogP contribution in [0.15, 0.2) is 16.9 Å². The zero-order valence-corrected chi connectivity index (χ0v) is 11.4. The molecule has 108 valence electrons. The summed E-state index contributed by atoms with van der Waals surface area (Å²) < 4.78 is 4.72. The van der Waals surface area contributed by atoms with E-state index < -0.39 is 6.04 Å². The Balaban J connectivity index is 1.69. The van der Waals surface area contributed by atoms with Gasteiger partial charge < -0.3 is 9.84 Å². The van der Waals surface area contributed by atoms with Gasteiger partial charge in [0.2, 0.25) is 5.91 Å². The molecule has 1 unspecified atom stereocenters. The normalized spacial score (nSPS) is 25.0. The van der Waals surface area contributed by atoms with E-state index in [-0.39, 0.29) is 24.3 Å². The average Bonchev–Trinajstić information content (AvgIpc) is 2.92. The quantitative estimate of drug-likeness (QED) is 0.675. The molecule has 0 radical (unpaired) electrons. The zero-order valence-electron chi connectivity index (χ0n) is 11.4. The topological polar surface area (TPSA) is 75.4 Å². The third kappa shape index (κ3) is 2.55. The highest BCUT2D eigenvalue weighted by molar-refractivity contribution is 6.07. The molecule has 6 heteroatoms. The van der Waals surface area contributed by atoms with Crippen LogP contribution < -0.4 is 5.32 Å². The van der Waals surface area contributed by atoms with E-state index >= 15 is 0 Å². The molecule has 1 N–H and O–H groups in total. The van der Waals surface area contributed by atoms with E-state index in [2.05, 4.69) is 10.5 Å². The molecule has 20 heavy (non-hydrogen) atoms. The summed E-state index contributed by atoms with van der Waals surface area (Å²) in [5, 5.41) is 6.69. The van der Waals surface area contributed by atoms with Gasteiger partial charge in [0.25, 0.3) is 5.91 Å². The number of hydrogen-bond donors (Lipinski definition) is 1. The second-order valence-corrected chi connectivity index (χ2v) is 5.53. The molecule has 6 nitrogen and oxygen atoms in total. The number of rotatable bonds is 3. The molecule has 2 heterocycles. The number of carbonyl (C=O) groups excluding carboxylic acids is 2. The molecule has 3 rings (SSSR count). The first-order valence-electron chi connectivity index (χ1n) is 7.28. The molecular formula is C14H19N3O3.